The second-order valence-corrected chi connectivity index (χ2v) is 6.68. The number of carbonyl (C=O) groups excluding carboxylic acids is 2. The Morgan fingerprint density at radius 3 is 2.43 bits per heavy atom. The van der Waals surface area contributed by atoms with Gasteiger partial charge in [0.2, 0.25) is 0 Å². The second-order valence-electron chi connectivity index (χ2n) is 6.68. The van der Waals surface area contributed by atoms with Crippen LogP contribution in [0.5, 0.6) is 5.75 Å². The van der Waals surface area contributed by atoms with Crippen LogP contribution in [0.3, 0.4) is 0 Å². The van der Waals surface area contributed by atoms with Gasteiger partial charge in [-0.3, -0.25) is 9.59 Å². The topological polar surface area (TPSA) is 52.6 Å². The molecule has 4 nitrogen and oxygen atoms in total. The number of allylic oxidation sites excluding steroid dienone is 3. The van der Waals surface area contributed by atoms with Crippen LogP contribution in [0.25, 0.3) is 6.08 Å². The summed E-state index contributed by atoms with van der Waals surface area (Å²) in [5.74, 6) is -0.872. The van der Waals surface area contributed by atoms with Crippen LogP contribution in [-0.2, 0) is 14.3 Å². The van der Waals surface area contributed by atoms with Crippen molar-refractivity contribution in [1.82, 2.24) is 0 Å². The Balaban J connectivity index is 1.86. The largest absolute Gasteiger partial charge is 0.497 e. The van der Waals surface area contributed by atoms with E-state index in [1.807, 2.05) is 66.7 Å². The van der Waals surface area contributed by atoms with E-state index in [0.717, 1.165) is 22.4 Å². The maximum absolute atomic E-state index is 12.8. The number of hydrogen-bond donors (Lipinski definition) is 0. The first-order chi connectivity index (χ1) is 13.6. The van der Waals surface area contributed by atoms with Crippen molar-refractivity contribution < 1.29 is 19.1 Å². The van der Waals surface area contributed by atoms with Gasteiger partial charge in [-0.1, -0.05) is 54.6 Å². The predicted octanol–water partition coefficient (Wildman–Crippen LogP) is 4.57. The monoisotopic (exact) mass is 376 g/mol. The summed E-state index contributed by atoms with van der Waals surface area (Å²) in [5, 5.41) is 0. The number of ketones is 1. The summed E-state index contributed by atoms with van der Waals surface area (Å²) in [7, 11) is 1.63. The Morgan fingerprint density at radius 2 is 1.79 bits per heavy atom. The van der Waals surface area contributed by atoms with Crippen LogP contribution < -0.4 is 4.74 Å². The number of carbonyl (C=O) groups is 2. The summed E-state index contributed by atoms with van der Waals surface area (Å²) in [4.78, 5) is 25.2. The molecular weight excluding hydrogens is 352 g/mol. The van der Waals surface area contributed by atoms with Crippen LogP contribution >= 0.6 is 0 Å². The molecule has 0 N–H and O–H groups in total. The fourth-order valence-corrected chi connectivity index (χ4v) is 3.46. The van der Waals surface area contributed by atoms with Gasteiger partial charge in [0.25, 0.3) is 0 Å². The average Bonchev–Trinajstić information content (AvgIpc) is 2.73. The third-order valence-electron chi connectivity index (χ3n) is 4.87. The molecule has 0 aliphatic heterocycles. The van der Waals surface area contributed by atoms with Gasteiger partial charge in [-0.25, -0.2) is 0 Å². The van der Waals surface area contributed by atoms with Crippen LogP contribution in [0.15, 0.2) is 72.3 Å². The third kappa shape index (κ3) is 4.58. The van der Waals surface area contributed by atoms with Gasteiger partial charge in [-0.2, -0.15) is 0 Å². The summed E-state index contributed by atoms with van der Waals surface area (Å²) < 4.78 is 10.3. The number of rotatable bonds is 6. The van der Waals surface area contributed by atoms with E-state index in [2.05, 4.69) is 0 Å². The zero-order valence-corrected chi connectivity index (χ0v) is 16.1. The summed E-state index contributed by atoms with van der Waals surface area (Å²) in [6, 6.07) is 17.4. The molecule has 2 aromatic carbocycles. The first-order valence-corrected chi connectivity index (χ1v) is 9.40. The smallest absolute Gasteiger partial charge is 0.317 e. The lowest BCUT2D eigenvalue weighted by molar-refractivity contribution is -0.151. The summed E-state index contributed by atoms with van der Waals surface area (Å²) in [5.41, 5.74) is 2.88. The van der Waals surface area contributed by atoms with Crippen LogP contribution in [-0.4, -0.2) is 25.5 Å². The van der Waals surface area contributed by atoms with E-state index in [1.54, 1.807) is 20.1 Å². The minimum Gasteiger partial charge on any atom is -0.497 e. The molecular formula is C24H24O4. The molecule has 0 heterocycles. The van der Waals surface area contributed by atoms with Crippen LogP contribution in [0.4, 0.5) is 0 Å². The molecule has 1 aliphatic rings. The SMILES string of the molecule is CCOC(=O)[C@@H]1C(=O)C=C(/C=C\c2ccc(OC)cc2)C[C@H]1c1ccccc1. The standard InChI is InChI=1S/C24H24O4/c1-3-28-24(26)23-21(19-7-5-4-6-8-19)15-18(16-22(23)25)10-9-17-11-13-20(27-2)14-12-17/h4-14,16,21,23H,3,15H2,1-2H3/b10-9-/t21-,23-/m0/s1. The molecule has 0 radical (unpaired) electrons. The van der Waals surface area contributed by atoms with Crippen LogP contribution in [0.1, 0.15) is 30.4 Å². The number of benzene rings is 2. The van der Waals surface area contributed by atoms with Crippen molar-refractivity contribution in [1.29, 1.82) is 0 Å². The van der Waals surface area contributed by atoms with Crippen molar-refractivity contribution in [3.8, 4) is 5.75 Å². The number of esters is 1. The lowest BCUT2D eigenvalue weighted by atomic mass is 9.75. The van der Waals surface area contributed by atoms with E-state index in [4.69, 9.17) is 9.47 Å². The molecule has 3 rings (SSSR count). The van der Waals surface area contributed by atoms with Gasteiger partial charge in [0.15, 0.2) is 5.78 Å². The Morgan fingerprint density at radius 1 is 1.07 bits per heavy atom. The van der Waals surface area contributed by atoms with Crippen molar-refractivity contribution in [3.63, 3.8) is 0 Å². The normalized spacial score (nSPS) is 19.4. The molecule has 0 saturated heterocycles. The van der Waals surface area contributed by atoms with Crippen LogP contribution in [0, 0.1) is 5.92 Å². The van der Waals surface area contributed by atoms with Gasteiger partial charge < -0.3 is 9.47 Å². The van der Waals surface area contributed by atoms with E-state index in [1.165, 1.54) is 0 Å². The van der Waals surface area contributed by atoms with Crippen molar-refractivity contribution >= 4 is 17.8 Å². The van der Waals surface area contributed by atoms with Crippen molar-refractivity contribution in [2.24, 2.45) is 5.92 Å². The molecule has 0 bridgehead atoms. The number of ether oxygens (including phenoxy) is 2. The highest BCUT2D eigenvalue weighted by Gasteiger charge is 2.38. The molecule has 0 fully saturated rings. The second kappa shape index (κ2) is 9.18. The molecule has 1 aliphatic carbocycles. The van der Waals surface area contributed by atoms with E-state index in [0.29, 0.717) is 6.42 Å². The predicted molar refractivity (Wildman–Crippen MR) is 109 cm³/mol. The minimum atomic E-state index is -0.791. The highest BCUT2D eigenvalue weighted by molar-refractivity contribution is 6.07. The molecule has 2 aromatic rings. The number of methoxy groups -OCH3 is 1. The van der Waals surface area contributed by atoms with E-state index < -0.39 is 11.9 Å². The van der Waals surface area contributed by atoms with Crippen molar-refractivity contribution in [3.05, 3.63) is 83.4 Å². The Bertz CT molecular complexity index is 879. The Kier molecular flexibility index (Phi) is 6.43. The molecule has 4 heteroatoms. The Hall–Kier alpha value is -3.14. The average molecular weight is 376 g/mol. The summed E-state index contributed by atoms with van der Waals surface area (Å²) >= 11 is 0. The van der Waals surface area contributed by atoms with Gasteiger partial charge in [0.05, 0.1) is 13.7 Å². The Labute approximate surface area is 165 Å². The number of hydrogen-bond acceptors (Lipinski definition) is 4. The zero-order chi connectivity index (χ0) is 19.9. The molecule has 144 valence electrons. The summed E-state index contributed by atoms with van der Waals surface area (Å²) in [6.45, 7) is 2.01. The fraction of sp³-hybridized carbons (Fsp3) is 0.250. The van der Waals surface area contributed by atoms with Crippen molar-refractivity contribution in [2.75, 3.05) is 13.7 Å². The quantitative estimate of drug-likeness (QED) is 0.547. The van der Waals surface area contributed by atoms with Gasteiger partial charge in [-0.15, -0.1) is 0 Å². The zero-order valence-electron chi connectivity index (χ0n) is 16.1. The highest BCUT2D eigenvalue weighted by atomic mass is 16.5. The fourth-order valence-electron chi connectivity index (χ4n) is 3.46. The van der Waals surface area contributed by atoms with E-state index in [9.17, 15) is 9.59 Å². The van der Waals surface area contributed by atoms with Gasteiger partial charge in [0.1, 0.15) is 11.7 Å². The van der Waals surface area contributed by atoms with Crippen LogP contribution in [0.2, 0.25) is 0 Å². The molecule has 0 unspecified atom stereocenters. The van der Waals surface area contributed by atoms with E-state index in [-0.39, 0.29) is 18.3 Å². The third-order valence-corrected chi connectivity index (χ3v) is 4.87. The molecule has 2 atom stereocenters. The van der Waals surface area contributed by atoms with Gasteiger partial charge in [0, 0.05) is 5.92 Å². The lowest BCUT2D eigenvalue weighted by Gasteiger charge is -2.28. The van der Waals surface area contributed by atoms with Crippen molar-refractivity contribution in [2.45, 2.75) is 19.3 Å². The highest BCUT2D eigenvalue weighted by Crippen LogP contribution is 2.37. The maximum atomic E-state index is 12.8. The molecule has 28 heavy (non-hydrogen) atoms. The molecule has 0 amide bonds. The first kappa shape index (κ1) is 19.6. The minimum absolute atomic E-state index is 0.201. The molecule has 0 spiro atoms. The van der Waals surface area contributed by atoms with E-state index >= 15 is 0 Å². The van der Waals surface area contributed by atoms with Gasteiger partial charge in [-0.05, 0) is 48.3 Å². The molecule has 0 aromatic heterocycles. The molecule has 0 saturated carbocycles. The summed E-state index contributed by atoms with van der Waals surface area (Å²) in [6.07, 6.45) is 6.08. The first-order valence-electron chi connectivity index (χ1n) is 9.40. The lowest BCUT2D eigenvalue weighted by Crippen LogP contribution is -2.34. The maximum Gasteiger partial charge on any atom is 0.317 e. The van der Waals surface area contributed by atoms with Gasteiger partial charge >= 0.3 is 5.97 Å².